The number of sulfonamides is 1. The molecule has 2 N–H and O–H groups in total. The highest BCUT2D eigenvalue weighted by molar-refractivity contribution is 7.89. The van der Waals surface area contributed by atoms with Crippen LogP contribution in [0.1, 0.15) is 110 Å². The summed E-state index contributed by atoms with van der Waals surface area (Å²) in [6.45, 7) is 10.5. The molecule has 0 bridgehead atoms. The summed E-state index contributed by atoms with van der Waals surface area (Å²) >= 11 is 0. The fourth-order valence-corrected chi connectivity index (χ4v) is 10.5. The van der Waals surface area contributed by atoms with Crippen molar-refractivity contribution in [3.8, 4) is 11.1 Å². The number of carbonyl (C=O) groups is 4. The number of carbonyl (C=O) groups excluding carboxylic acids is 4. The van der Waals surface area contributed by atoms with Crippen molar-refractivity contribution in [3.63, 3.8) is 0 Å². The van der Waals surface area contributed by atoms with Crippen LogP contribution in [0, 0.1) is 34.6 Å². The molecule has 0 radical (unpaired) electrons. The number of nitrogens with zero attached hydrogens (tertiary/aromatic N) is 2. The van der Waals surface area contributed by atoms with E-state index in [0.717, 1.165) is 85.5 Å². The summed E-state index contributed by atoms with van der Waals surface area (Å²) in [5.74, 6) is -2.88. The molecule has 0 fully saturated rings. The second-order valence-electron chi connectivity index (χ2n) is 17.0. The molecule has 0 saturated carbocycles. The van der Waals surface area contributed by atoms with Crippen LogP contribution in [0.3, 0.4) is 0 Å². The zero-order chi connectivity index (χ0) is 45.5. The van der Waals surface area contributed by atoms with Gasteiger partial charge in [-0.15, -0.1) is 0 Å². The van der Waals surface area contributed by atoms with Crippen molar-refractivity contribution in [2.45, 2.75) is 63.4 Å². The Balaban J connectivity index is 1.20. The van der Waals surface area contributed by atoms with E-state index in [1.807, 2.05) is 57.2 Å². The van der Waals surface area contributed by atoms with Crippen molar-refractivity contribution in [2.24, 2.45) is 5.14 Å². The van der Waals surface area contributed by atoms with Gasteiger partial charge in [-0.1, -0.05) is 66.7 Å². The van der Waals surface area contributed by atoms with E-state index in [2.05, 4.69) is 12.1 Å². The van der Waals surface area contributed by atoms with Gasteiger partial charge in [0.25, 0.3) is 23.6 Å². The Morgan fingerprint density at radius 1 is 0.556 bits per heavy atom. The Labute approximate surface area is 362 Å². The molecule has 4 amide bonds. The molecule has 3 aliphatic rings. The van der Waals surface area contributed by atoms with E-state index >= 15 is 13.2 Å². The van der Waals surface area contributed by atoms with Gasteiger partial charge in [0, 0.05) is 7.05 Å². The van der Waals surface area contributed by atoms with Gasteiger partial charge in [0.1, 0.15) is 5.41 Å². The lowest BCUT2D eigenvalue weighted by molar-refractivity contribution is -0.173. The second kappa shape index (κ2) is 13.6. The molecule has 2 atom stereocenters. The number of amides is 4. The SMILES string of the molecule is Cc1cc(C2(c3cc(C)c(N4C(=O)c5ccc(C(C)(c6ccc7c(c6)C(=O)N(C)C7=O)C(F)(F)F)cc5C4=O)c(C)c3)c3ccccc3-c3ccc(S(N)(=O)=O)cc32)cc(C)c1C. The molecule has 0 aromatic heterocycles. The minimum atomic E-state index is -4.95. The summed E-state index contributed by atoms with van der Waals surface area (Å²) < 4.78 is 71.8. The number of halogens is 3. The average Bonchev–Trinajstić information content (AvgIpc) is 3.75. The maximum atomic E-state index is 15.3. The zero-order valence-electron chi connectivity index (χ0n) is 35.3. The average molecular weight is 868 g/mol. The number of rotatable bonds is 6. The maximum Gasteiger partial charge on any atom is 0.402 e. The van der Waals surface area contributed by atoms with E-state index in [0.29, 0.717) is 16.7 Å². The zero-order valence-corrected chi connectivity index (χ0v) is 36.1. The van der Waals surface area contributed by atoms with Crippen LogP contribution in [0.25, 0.3) is 11.1 Å². The summed E-state index contributed by atoms with van der Waals surface area (Å²) in [6.07, 6.45) is -4.95. The van der Waals surface area contributed by atoms with E-state index in [1.54, 1.807) is 26.0 Å². The standard InChI is InChI=1S/C50H40F3N3O6S/c1-25-18-32(19-26(2)29(25)5)49(41-11-9-8-10-35(41)36-17-14-34(24-42(36)49)63(54,61)62)33-20-27(3)43(28(4)21-33)56-46(59)38-16-13-31(23-40(38)47(56)60)48(6,50(51,52)53)30-12-15-37-39(22-30)45(58)55(7)44(37)57/h8-24H,1-7H3,(H2,54,61,62). The predicted molar refractivity (Wildman–Crippen MR) is 232 cm³/mol. The highest BCUT2D eigenvalue weighted by Gasteiger charge is 2.55. The quantitative estimate of drug-likeness (QED) is 0.166. The summed E-state index contributed by atoms with van der Waals surface area (Å²) in [4.78, 5) is 55.9. The van der Waals surface area contributed by atoms with Crippen molar-refractivity contribution in [1.29, 1.82) is 0 Å². The molecule has 318 valence electrons. The molecule has 2 heterocycles. The second-order valence-corrected chi connectivity index (χ2v) is 18.6. The number of hydrogen-bond acceptors (Lipinski definition) is 6. The van der Waals surface area contributed by atoms with Gasteiger partial charge in [-0.2, -0.15) is 13.2 Å². The normalized spacial score (nSPS) is 17.8. The van der Waals surface area contributed by atoms with Gasteiger partial charge in [0.05, 0.1) is 38.3 Å². The van der Waals surface area contributed by atoms with Crippen molar-refractivity contribution in [3.05, 3.63) is 187 Å². The first kappa shape index (κ1) is 41.6. The van der Waals surface area contributed by atoms with Crippen LogP contribution in [0.2, 0.25) is 0 Å². The summed E-state index contributed by atoms with van der Waals surface area (Å²) in [5.41, 5.74) is 4.25. The molecule has 9 nitrogen and oxygen atoms in total. The Kier molecular flexibility index (Phi) is 9.02. The summed E-state index contributed by atoms with van der Waals surface area (Å²) in [6, 6.07) is 27.5. The molecule has 13 heteroatoms. The number of primary sulfonamides is 1. The smallest absolute Gasteiger partial charge is 0.277 e. The molecular formula is C50H40F3N3O6S. The number of fused-ring (bicyclic) bond motifs is 5. The first-order valence-corrected chi connectivity index (χ1v) is 21.6. The Hall–Kier alpha value is -6.70. The number of alkyl halides is 3. The fourth-order valence-electron chi connectivity index (χ4n) is 9.92. The molecule has 2 unspecified atom stereocenters. The molecule has 0 saturated heterocycles. The van der Waals surface area contributed by atoms with Gasteiger partial charge in [0.2, 0.25) is 10.0 Å². The number of hydrogen-bond donors (Lipinski definition) is 1. The van der Waals surface area contributed by atoms with Crippen molar-refractivity contribution in [1.82, 2.24) is 4.90 Å². The van der Waals surface area contributed by atoms with Crippen molar-refractivity contribution >= 4 is 39.3 Å². The lowest BCUT2D eigenvalue weighted by Gasteiger charge is -2.36. The number of anilines is 1. The minimum Gasteiger partial charge on any atom is -0.277 e. The molecule has 2 aliphatic heterocycles. The fraction of sp³-hybridized carbons (Fsp3) is 0.200. The molecule has 0 spiro atoms. The van der Waals surface area contributed by atoms with E-state index in [4.69, 9.17) is 5.14 Å². The molecular weight excluding hydrogens is 828 g/mol. The van der Waals surface area contributed by atoms with Crippen LogP contribution in [0.15, 0.2) is 108 Å². The molecule has 1 aliphatic carbocycles. The first-order chi connectivity index (χ1) is 29.5. The Morgan fingerprint density at radius 3 is 1.57 bits per heavy atom. The lowest BCUT2D eigenvalue weighted by atomic mass is 9.66. The Morgan fingerprint density at radius 2 is 1.02 bits per heavy atom. The van der Waals surface area contributed by atoms with Gasteiger partial charge >= 0.3 is 6.18 Å². The maximum absolute atomic E-state index is 15.3. The number of imide groups is 2. The van der Waals surface area contributed by atoms with Gasteiger partial charge in [-0.3, -0.25) is 24.1 Å². The number of aryl methyl sites for hydroxylation is 4. The molecule has 6 aromatic carbocycles. The summed E-state index contributed by atoms with van der Waals surface area (Å²) in [7, 11) is -2.89. The van der Waals surface area contributed by atoms with Gasteiger partial charge in [-0.05, 0) is 150 Å². The summed E-state index contributed by atoms with van der Waals surface area (Å²) in [5, 5.41) is 5.73. The third-order valence-corrected chi connectivity index (χ3v) is 14.5. The van der Waals surface area contributed by atoms with E-state index in [-0.39, 0.29) is 44.0 Å². The van der Waals surface area contributed by atoms with Crippen LogP contribution in [0.5, 0.6) is 0 Å². The minimum absolute atomic E-state index is 0.0116. The van der Waals surface area contributed by atoms with Gasteiger partial charge in [0.15, 0.2) is 0 Å². The largest absolute Gasteiger partial charge is 0.402 e. The van der Waals surface area contributed by atoms with Crippen LogP contribution < -0.4 is 10.0 Å². The topological polar surface area (TPSA) is 135 Å². The van der Waals surface area contributed by atoms with Crippen LogP contribution in [0.4, 0.5) is 18.9 Å². The first-order valence-electron chi connectivity index (χ1n) is 20.1. The van der Waals surface area contributed by atoms with Gasteiger partial charge in [-0.25, -0.2) is 18.5 Å². The molecule has 6 aromatic rings. The van der Waals surface area contributed by atoms with Crippen molar-refractivity contribution < 1.29 is 40.8 Å². The highest BCUT2D eigenvalue weighted by atomic mass is 32.2. The van der Waals surface area contributed by atoms with Crippen LogP contribution >= 0.6 is 0 Å². The third-order valence-electron chi connectivity index (χ3n) is 13.6. The van der Waals surface area contributed by atoms with E-state index in [9.17, 15) is 27.6 Å². The predicted octanol–water partition coefficient (Wildman–Crippen LogP) is 9.13. The monoisotopic (exact) mass is 867 g/mol. The Bertz CT molecular complexity index is 3180. The molecule has 63 heavy (non-hydrogen) atoms. The van der Waals surface area contributed by atoms with Crippen LogP contribution in [-0.2, 0) is 20.9 Å². The number of benzene rings is 6. The van der Waals surface area contributed by atoms with Gasteiger partial charge < -0.3 is 0 Å². The van der Waals surface area contributed by atoms with E-state index in [1.165, 1.54) is 25.2 Å². The van der Waals surface area contributed by atoms with Crippen molar-refractivity contribution in [2.75, 3.05) is 11.9 Å². The molecule has 9 rings (SSSR count). The third kappa shape index (κ3) is 5.68. The number of nitrogens with two attached hydrogens (primary N) is 1. The van der Waals surface area contributed by atoms with Crippen LogP contribution in [-0.4, -0.2) is 50.2 Å². The lowest BCUT2D eigenvalue weighted by Crippen LogP contribution is -2.41. The highest BCUT2D eigenvalue weighted by Crippen LogP contribution is 2.58. The van der Waals surface area contributed by atoms with E-state index < -0.39 is 50.7 Å².